The number of rotatable bonds is 3. The van der Waals surface area contributed by atoms with Crippen molar-refractivity contribution in [1.29, 1.82) is 0 Å². The molecule has 0 aromatic heterocycles. The summed E-state index contributed by atoms with van der Waals surface area (Å²) in [4.78, 5) is 23.0. The molecule has 1 saturated carbocycles. The van der Waals surface area contributed by atoms with E-state index in [1.54, 1.807) is 6.08 Å². The maximum atomic E-state index is 12.2. The highest BCUT2D eigenvalue weighted by Gasteiger charge is 2.37. The van der Waals surface area contributed by atoms with E-state index < -0.39 is 12.1 Å². The third-order valence-corrected chi connectivity index (χ3v) is 4.50. The van der Waals surface area contributed by atoms with Crippen molar-refractivity contribution >= 4 is 17.4 Å². The Labute approximate surface area is 133 Å². The van der Waals surface area contributed by atoms with Crippen LogP contribution < -0.4 is 0 Å². The molecule has 0 heterocycles. The average Bonchev–Trinajstić information content (AvgIpc) is 2.57. The molecule has 1 aromatic rings. The first-order valence-electron chi connectivity index (χ1n) is 7.72. The summed E-state index contributed by atoms with van der Waals surface area (Å²) in [6.45, 7) is 0. The van der Waals surface area contributed by atoms with Gasteiger partial charge in [0.25, 0.3) is 0 Å². The number of hydrogen-bond acceptors (Lipinski definition) is 5. The van der Waals surface area contributed by atoms with Gasteiger partial charge in [-0.3, -0.25) is 25.2 Å². The quantitative estimate of drug-likeness (QED) is 0.527. The standard InChI is InChI=1S/C17H18N2O4/c20-17-10-9-12-5-1-2-6-13(12)14(17)11-18(21)15-7-3-4-8-16(15)19(22)23/h1-2,5-6,9-11,15-16,21H,3-4,7-8H2/b14-11-. The lowest BCUT2D eigenvalue weighted by atomic mass is 9.89. The second-order valence-electron chi connectivity index (χ2n) is 5.91. The van der Waals surface area contributed by atoms with Crippen LogP contribution in [0.2, 0.25) is 0 Å². The van der Waals surface area contributed by atoms with E-state index in [4.69, 9.17) is 0 Å². The number of hydroxylamine groups is 2. The van der Waals surface area contributed by atoms with Crippen LogP contribution in [0.1, 0.15) is 36.8 Å². The number of benzene rings is 1. The molecular formula is C17H18N2O4. The Morgan fingerprint density at radius 2 is 1.96 bits per heavy atom. The molecule has 2 aliphatic rings. The fourth-order valence-electron chi connectivity index (χ4n) is 3.28. The van der Waals surface area contributed by atoms with E-state index >= 15 is 0 Å². The molecule has 6 nitrogen and oxygen atoms in total. The normalized spacial score (nSPS) is 25.3. The van der Waals surface area contributed by atoms with Crippen LogP contribution in [0.5, 0.6) is 0 Å². The fourth-order valence-corrected chi connectivity index (χ4v) is 3.28. The zero-order chi connectivity index (χ0) is 16.4. The summed E-state index contributed by atoms with van der Waals surface area (Å²) in [5, 5.41) is 22.4. The van der Waals surface area contributed by atoms with Crippen molar-refractivity contribution in [3.8, 4) is 0 Å². The number of carbonyl (C=O) groups is 1. The first-order valence-corrected chi connectivity index (χ1v) is 7.72. The summed E-state index contributed by atoms with van der Waals surface area (Å²) in [5.41, 5.74) is 1.98. The molecular weight excluding hydrogens is 296 g/mol. The summed E-state index contributed by atoms with van der Waals surface area (Å²) in [6.07, 6.45) is 7.14. The lowest BCUT2D eigenvalue weighted by Gasteiger charge is -2.31. The van der Waals surface area contributed by atoms with Gasteiger partial charge < -0.3 is 0 Å². The fraction of sp³-hybridized carbons (Fsp3) is 0.353. The lowest BCUT2D eigenvalue weighted by molar-refractivity contribution is -0.537. The molecule has 1 fully saturated rings. The van der Waals surface area contributed by atoms with Crippen LogP contribution in [0.15, 0.2) is 36.5 Å². The van der Waals surface area contributed by atoms with Crippen molar-refractivity contribution in [2.45, 2.75) is 37.8 Å². The van der Waals surface area contributed by atoms with Crippen LogP contribution in [-0.4, -0.2) is 33.1 Å². The highest BCUT2D eigenvalue weighted by Crippen LogP contribution is 2.29. The predicted octanol–water partition coefficient (Wildman–Crippen LogP) is 2.90. The molecule has 0 aliphatic heterocycles. The molecule has 23 heavy (non-hydrogen) atoms. The third kappa shape index (κ3) is 3.03. The zero-order valence-corrected chi connectivity index (χ0v) is 12.6. The molecule has 6 heteroatoms. The van der Waals surface area contributed by atoms with Gasteiger partial charge in [0.15, 0.2) is 5.78 Å². The first-order chi connectivity index (χ1) is 11.1. The largest absolute Gasteiger partial charge is 0.289 e. The maximum absolute atomic E-state index is 12.2. The molecule has 3 rings (SSSR count). The Kier molecular flexibility index (Phi) is 4.25. The molecule has 0 radical (unpaired) electrons. The number of nitrogens with zero attached hydrogens (tertiary/aromatic N) is 2. The molecule has 0 bridgehead atoms. The minimum atomic E-state index is -0.810. The van der Waals surface area contributed by atoms with Crippen molar-refractivity contribution in [1.82, 2.24) is 5.06 Å². The Morgan fingerprint density at radius 1 is 1.22 bits per heavy atom. The van der Waals surface area contributed by atoms with Gasteiger partial charge in [-0.2, -0.15) is 0 Å². The maximum Gasteiger partial charge on any atom is 0.235 e. The number of carbonyl (C=O) groups excluding carboxylic acids is 1. The van der Waals surface area contributed by atoms with Crippen LogP contribution in [0.3, 0.4) is 0 Å². The van der Waals surface area contributed by atoms with Crippen LogP contribution in [-0.2, 0) is 4.79 Å². The van der Waals surface area contributed by atoms with Crippen molar-refractivity contribution < 1.29 is 14.9 Å². The van der Waals surface area contributed by atoms with Crippen molar-refractivity contribution in [3.05, 3.63) is 57.8 Å². The number of hydrogen-bond donors (Lipinski definition) is 1. The zero-order valence-electron chi connectivity index (χ0n) is 12.6. The molecule has 2 aliphatic carbocycles. The Hall–Kier alpha value is -2.47. The number of allylic oxidation sites excluding steroid dienone is 2. The van der Waals surface area contributed by atoms with E-state index in [0.29, 0.717) is 18.4 Å². The topological polar surface area (TPSA) is 83.7 Å². The van der Waals surface area contributed by atoms with Gasteiger partial charge in [0, 0.05) is 23.1 Å². The molecule has 0 spiro atoms. The minimum Gasteiger partial charge on any atom is -0.289 e. The van der Waals surface area contributed by atoms with Gasteiger partial charge >= 0.3 is 0 Å². The van der Waals surface area contributed by atoms with Crippen LogP contribution in [0, 0.1) is 10.1 Å². The summed E-state index contributed by atoms with van der Waals surface area (Å²) in [6, 6.07) is 5.97. The molecule has 2 unspecified atom stereocenters. The monoisotopic (exact) mass is 314 g/mol. The van der Waals surface area contributed by atoms with Gasteiger partial charge in [-0.25, -0.2) is 0 Å². The van der Waals surface area contributed by atoms with E-state index in [1.165, 1.54) is 12.3 Å². The highest BCUT2D eigenvalue weighted by molar-refractivity contribution is 6.29. The van der Waals surface area contributed by atoms with Gasteiger partial charge in [-0.15, -0.1) is 0 Å². The van der Waals surface area contributed by atoms with Crippen molar-refractivity contribution in [2.24, 2.45) is 0 Å². The second-order valence-corrected chi connectivity index (χ2v) is 5.91. The van der Waals surface area contributed by atoms with E-state index in [-0.39, 0.29) is 10.7 Å². The van der Waals surface area contributed by atoms with Gasteiger partial charge in [-0.1, -0.05) is 36.8 Å². The van der Waals surface area contributed by atoms with Crippen LogP contribution in [0.25, 0.3) is 11.6 Å². The highest BCUT2D eigenvalue weighted by atomic mass is 16.6. The van der Waals surface area contributed by atoms with Gasteiger partial charge in [0.05, 0.1) is 0 Å². The molecule has 0 saturated heterocycles. The first kappa shape index (κ1) is 15.4. The van der Waals surface area contributed by atoms with Crippen LogP contribution >= 0.6 is 0 Å². The molecule has 120 valence electrons. The number of fused-ring (bicyclic) bond motifs is 1. The predicted molar refractivity (Wildman–Crippen MR) is 85.1 cm³/mol. The van der Waals surface area contributed by atoms with Gasteiger partial charge in [-0.05, 0) is 30.0 Å². The molecule has 2 atom stereocenters. The Morgan fingerprint density at radius 3 is 2.74 bits per heavy atom. The smallest absolute Gasteiger partial charge is 0.235 e. The van der Waals surface area contributed by atoms with Crippen LogP contribution in [0.4, 0.5) is 0 Å². The number of nitro groups is 1. The van der Waals surface area contributed by atoms with E-state index in [0.717, 1.165) is 29.0 Å². The summed E-state index contributed by atoms with van der Waals surface area (Å²) in [5.74, 6) is -0.212. The molecule has 1 aromatic carbocycles. The van der Waals surface area contributed by atoms with E-state index in [9.17, 15) is 20.1 Å². The van der Waals surface area contributed by atoms with E-state index in [1.807, 2.05) is 24.3 Å². The average molecular weight is 314 g/mol. The van der Waals surface area contributed by atoms with Crippen molar-refractivity contribution in [3.63, 3.8) is 0 Å². The Balaban J connectivity index is 1.92. The van der Waals surface area contributed by atoms with Crippen molar-refractivity contribution in [2.75, 3.05) is 0 Å². The summed E-state index contributed by atoms with van der Waals surface area (Å²) in [7, 11) is 0. The molecule has 1 N–H and O–H groups in total. The second kappa shape index (κ2) is 6.34. The number of ketones is 1. The lowest BCUT2D eigenvalue weighted by Crippen LogP contribution is -2.45. The third-order valence-electron chi connectivity index (χ3n) is 4.50. The summed E-state index contributed by atoms with van der Waals surface area (Å²) < 4.78 is 0. The molecule has 0 amide bonds. The van der Waals surface area contributed by atoms with Gasteiger partial charge in [0.2, 0.25) is 6.04 Å². The van der Waals surface area contributed by atoms with E-state index in [2.05, 4.69) is 0 Å². The van der Waals surface area contributed by atoms with Gasteiger partial charge in [0.1, 0.15) is 6.04 Å². The summed E-state index contributed by atoms with van der Waals surface area (Å²) >= 11 is 0. The minimum absolute atomic E-state index is 0.212. The SMILES string of the molecule is O=C1C=Cc2ccccc2/C1=C/N(O)C1CCCCC1[N+](=O)[O-]. The Bertz CT molecular complexity index is 696.